The van der Waals surface area contributed by atoms with Gasteiger partial charge < -0.3 is 5.73 Å². The van der Waals surface area contributed by atoms with Gasteiger partial charge in [0.1, 0.15) is 11.6 Å². The molecule has 0 amide bonds. The van der Waals surface area contributed by atoms with Crippen molar-refractivity contribution in [3.05, 3.63) is 33.8 Å². The predicted molar refractivity (Wildman–Crippen MR) is 67.6 cm³/mol. The van der Waals surface area contributed by atoms with Crippen molar-refractivity contribution < 1.29 is 8.78 Å². The number of hydrogen-bond donors (Lipinski definition) is 1. The van der Waals surface area contributed by atoms with Crippen LogP contribution in [-0.2, 0) is 0 Å². The van der Waals surface area contributed by atoms with E-state index in [0.29, 0.717) is 5.56 Å². The van der Waals surface area contributed by atoms with E-state index in [-0.39, 0.29) is 10.4 Å². The molecule has 1 aromatic rings. The lowest BCUT2D eigenvalue weighted by molar-refractivity contribution is 0.303. The van der Waals surface area contributed by atoms with Crippen LogP contribution >= 0.6 is 15.9 Å². The second kappa shape index (κ2) is 5.44. The van der Waals surface area contributed by atoms with Crippen molar-refractivity contribution in [2.45, 2.75) is 38.1 Å². The molecule has 0 bridgehead atoms. The Morgan fingerprint density at radius 1 is 1.12 bits per heavy atom. The van der Waals surface area contributed by atoms with Gasteiger partial charge in [0.05, 0.1) is 4.47 Å². The molecule has 4 heteroatoms. The molecule has 1 nitrogen and oxygen atoms in total. The van der Waals surface area contributed by atoms with Crippen LogP contribution in [0.5, 0.6) is 0 Å². The second-order valence-electron chi connectivity index (χ2n) is 4.71. The van der Waals surface area contributed by atoms with Gasteiger partial charge in [-0.3, -0.25) is 0 Å². The van der Waals surface area contributed by atoms with Crippen molar-refractivity contribution in [1.82, 2.24) is 0 Å². The fourth-order valence-electron chi connectivity index (χ4n) is 2.54. The van der Waals surface area contributed by atoms with E-state index in [0.717, 1.165) is 31.7 Å². The minimum absolute atomic E-state index is 0.148. The number of halogens is 3. The zero-order chi connectivity index (χ0) is 12.4. The largest absolute Gasteiger partial charge is 0.324 e. The Kier molecular flexibility index (Phi) is 4.15. The summed E-state index contributed by atoms with van der Waals surface area (Å²) in [6, 6.07) is 1.99. The third kappa shape index (κ3) is 2.86. The molecule has 17 heavy (non-hydrogen) atoms. The molecule has 0 saturated heterocycles. The lowest BCUT2D eigenvalue weighted by atomic mass is 9.81. The lowest BCUT2D eigenvalue weighted by Gasteiger charge is -2.28. The summed E-state index contributed by atoms with van der Waals surface area (Å²) in [5.41, 5.74) is 6.37. The maximum Gasteiger partial charge on any atom is 0.137 e. The summed E-state index contributed by atoms with van der Waals surface area (Å²) in [5, 5.41) is 0. The Balaban J connectivity index is 2.23. The van der Waals surface area contributed by atoms with Crippen molar-refractivity contribution in [3.63, 3.8) is 0 Å². The highest BCUT2D eigenvalue weighted by Gasteiger charge is 2.24. The molecule has 1 atom stereocenters. The van der Waals surface area contributed by atoms with Gasteiger partial charge in [-0.15, -0.1) is 0 Å². The molecule has 0 heterocycles. The van der Waals surface area contributed by atoms with Crippen molar-refractivity contribution in [2.24, 2.45) is 11.7 Å². The zero-order valence-corrected chi connectivity index (χ0v) is 11.1. The van der Waals surface area contributed by atoms with Crippen LogP contribution in [0.25, 0.3) is 0 Å². The molecule has 94 valence electrons. The van der Waals surface area contributed by atoms with Gasteiger partial charge in [0, 0.05) is 11.6 Å². The maximum absolute atomic E-state index is 13.8. The molecule has 0 aliphatic heterocycles. The van der Waals surface area contributed by atoms with Crippen LogP contribution in [0.15, 0.2) is 16.6 Å². The first-order valence-corrected chi connectivity index (χ1v) is 6.79. The first kappa shape index (κ1) is 13.0. The first-order chi connectivity index (χ1) is 8.09. The van der Waals surface area contributed by atoms with Gasteiger partial charge in [-0.25, -0.2) is 8.78 Å². The van der Waals surface area contributed by atoms with Crippen LogP contribution in [0.2, 0.25) is 0 Å². The van der Waals surface area contributed by atoms with Gasteiger partial charge in [0.2, 0.25) is 0 Å². The number of rotatable bonds is 2. The summed E-state index contributed by atoms with van der Waals surface area (Å²) in [6.07, 6.45) is 5.52. The van der Waals surface area contributed by atoms with E-state index in [1.807, 2.05) is 0 Å². The quantitative estimate of drug-likeness (QED) is 0.810. The minimum atomic E-state index is -0.451. The molecule has 1 aliphatic rings. The summed E-state index contributed by atoms with van der Waals surface area (Å²) in [4.78, 5) is 0. The number of nitrogens with two attached hydrogens (primary N) is 1. The molecular weight excluding hydrogens is 288 g/mol. The molecule has 1 aromatic carbocycles. The fraction of sp³-hybridized carbons (Fsp3) is 0.538. The van der Waals surface area contributed by atoms with Gasteiger partial charge in [0.15, 0.2) is 0 Å². The molecule has 2 N–H and O–H groups in total. The summed E-state index contributed by atoms with van der Waals surface area (Å²) >= 11 is 2.97. The third-order valence-corrected chi connectivity index (χ3v) is 4.16. The number of hydrogen-bond acceptors (Lipinski definition) is 1. The van der Waals surface area contributed by atoms with E-state index < -0.39 is 17.7 Å². The van der Waals surface area contributed by atoms with E-state index in [9.17, 15) is 8.78 Å². The summed E-state index contributed by atoms with van der Waals surface area (Å²) in [6.45, 7) is 0. The van der Waals surface area contributed by atoms with E-state index in [2.05, 4.69) is 15.9 Å². The first-order valence-electron chi connectivity index (χ1n) is 5.99. The molecule has 1 unspecified atom stereocenters. The average molecular weight is 304 g/mol. The Labute approximate surface area is 109 Å². The second-order valence-corrected chi connectivity index (χ2v) is 5.57. The van der Waals surface area contributed by atoms with E-state index >= 15 is 0 Å². The molecule has 0 spiro atoms. The highest BCUT2D eigenvalue weighted by molar-refractivity contribution is 9.10. The SMILES string of the molecule is NC(c1cc(F)c(Br)cc1F)C1CCCCC1. The minimum Gasteiger partial charge on any atom is -0.324 e. The summed E-state index contributed by atoms with van der Waals surface area (Å²) in [5.74, 6) is -0.595. The van der Waals surface area contributed by atoms with Crippen molar-refractivity contribution in [1.29, 1.82) is 0 Å². The van der Waals surface area contributed by atoms with Crippen LogP contribution < -0.4 is 5.73 Å². The van der Waals surface area contributed by atoms with Crippen molar-refractivity contribution >= 4 is 15.9 Å². The van der Waals surface area contributed by atoms with Gasteiger partial charge in [-0.2, -0.15) is 0 Å². The Morgan fingerprint density at radius 2 is 1.76 bits per heavy atom. The Morgan fingerprint density at radius 3 is 2.41 bits per heavy atom. The molecule has 1 saturated carbocycles. The molecule has 0 radical (unpaired) electrons. The highest BCUT2D eigenvalue weighted by Crippen LogP contribution is 2.35. The number of benzene rings is 1. The highest BCUT2D eigenvalue weighted by atomic mass is 79.9. The summed E-state index contributed by atoms with van der Waals surface area (Å²) in [7, 11) is 0. The van der Waals surface area contributed by atoms with Crippen LogP contribution in [0.1, 0.15) is 43.7 Å². The van der Waals surface area contributed by atoms with Gasteiger partial charge in [-0.05, 0) is 46.8 Å². The molecule has 0 aromatic heterocycles. The smallest absolute Gasteiger partial charge is 0.137 e. The molecular formula is C13H16BrF2N. The standard InChI is InChI=1S/C13H16BrF2N/c14-10-7-11(15)9(6-12(10)16)13(17)8-4-2-1-3-5-8/h6-8,13H,1-5,17H2. The maximum atomic E-state index is 13.8. The average Bonchev–Trinajstić information content (AvgIpc) is 2.34. The zero-order valence-electron chi connectivity index (χ0n) is 9.56. The fourth-order valence-corrected chi connectivity index (χ4v) is 2.86. The van der Waals surface area contributed by atoms with Crippen LogP contribution in [0.3, 0.4) is 0 Å². The van der Waals surface area contributed by atoms with Crippen molar-refractivity contribution in [3.8, 4) is 0 Å². The van der Waals surface area contributed by atoms with Gasteiger partial charge >= 0.3 is 0 Å². The molecule has 1 fully saturated rings. The lowest BCUT2D eigenvalue weighted by Crippen LogP contribution is -2.24. The monoisotopic (exact) mass is 303 g/mol. The molecule has 2 rings (SSSR count). The van der Waals surface area contributed by atoms with Crippen LogP contribution in [0.4, 0.5) is 8.78 Å². The van der Waals surface area contributed by atoms with E-state index in [1.54, 1.807) is 0 Å². The Bertz CT molecular complexity index is 403. The van der Waals surface area contributed by atoms with Crippen LogP contribution in [-0.4, -0.2) is 0 Å². The van der Waals surface area contributed by atoms with Gasteiger partial charge in [0.25, 0.3) is 0 Å². The summed E-state index contributed by atoms with van der Waals surface area (Å²) < 4.78 is 27.3. The predicted octanol–water partition coefficient (Wildman–Crippen LogP) is 4.31. The van der Waals surface area contributed by atoms with Crippen LogP contribution in [0, 0.1) is 17.6 Å². The molecule has 1 aliphatic carbocycles. The van der Waals surface area contributed by atoms with Crippen molar-refractivity contribution in [2.75, 3.05) is 0 Å². The third-order valence-electron chi connectivity index (χ3n) is 3.56. The van der Waals surface area contributed by atoms with Gasteiger partial charge in [-0.1, -0.05) is 19.3 Å². The van der Waals surface area contributed by atoms with E-state index in [4.69, 9.17) is 5.73 Å². The normalized spacial score (nSPS) is 19.3. The Hall–Kier alpha value is -0.480. The topological polar surface area (TPSA) is 26.0 Å². The van der Waals surface area contributed by atoms with E-state index in [1.165, 1.54) is 12.5 Å².